The van der Waals surface area contributed by atoms with Crippen LogP contribution in [0.5, 0.6) is 0 Å². The van der Waals surface area contributed by atoms with Gasteiger partial charge in [-0.15, -0.1) is 0 Å². The maximum Gasteiger partial charge on any atom is 0.323 e. The molecule has 0 heterocycles. The lowest BCUT2D eigenvalue weighted by Crippen LogP contribution is -2.35. The van der Waals surface area contributed by atoms with E-state index >= 15 is 0 Å². The minimum Gasteiger partial charge on any atom is -0.468 e. The van der Waals surface area contributed by atoms with E-state index in [4.69, 9.17) is 4.74 Å². The number of anilines is 1. The second kappa shape index (κ2) is 15.3. The highest BCUT2D eigenvalue weighted by atomic mass is 31.0. The summed E-state index contributed by atoms with van der Waals surface area (Å²) >= 11 is 0. The molecule has 154 valence electrons. The number of ether oxygens (including phenoxy) is 1. The van der Waals surface area contributed by atoms with E-state index in [-0.39, 0.29) is 24.2 Å². The largest absolute Gasteiger partial charge is 0.468 e. The number of imide groups is 1. The first kappa shape index (κ1) is 27.4. The number of benzene rings is 1. The van der Waals surface area contributed by atoms with Crippen LogP contribution in [0.25, 0.3) is 0 Å². The molecule has 2 amide bonds. The van der Waals surface area contributed by atoms with Crippen LogP contribution < -0.4 is 4.90 Å². The van der Waals surface area contributed by atoms with E-state index in [2.05, 4.69) is 9.39 Å². The van der Waals surface area contributed by atoms with Crippen LogP contribution in [0.2, 0.25) is 0 Å². The molecule has 0 radical (unpaired) electrons. The SMILES string of the molecule is CC.CC.CCC(=O)N(C(C)=O)c1ccc(C[C@@H](C(=O)OC)N(C)P)cc1. The molecule has 0 aliphatic carbocycles. The first-order valence-corrected chi connectivity index (χ1v) is 9.81. The summed E-state index contributed by atoms with van der Waals surface area (Å²) in [6, 6.07) is 6.61. The summed E-state index contributed by atoms with van der Waals surface area (Å²) in [6.07, 6.45) is 0.721. The predicted octanol–water partition coefficient (Wildman–Crippen LogP) is 3.83. The number of methoxy groups -OCH3 is 1. The Bertz CT molecular complexity index is 574. The summed E-state index contributed by atoms with van der Waals surface area (Å²) < 4.78 is 6.50. The maximum atomic E-state index is 11.9. The van der Waals surface area contributed by atoms with Crippen molar-refractivity contribution in [1.82, 2.24) is 4.67 Å². The Balaban J connectivity index is 0. The van der Waals surface area contributed by atoms with Crippen LogP contribution in [0, 0.1) is 0 Å². The van der Waals surface area contributed by atoms with Crippen molar-refractivity contribution in [3.63, 3.8) is 0 Å². The van der Waals surface area contributed by atoms with E-state index in [1.54, 1.807) is 42.9 Å². The Morgan fingerprint density at radius 2 is 1.56 bits per heavy atom. The van der Waals surface area contributed by atoms with Gasteiger partial charge in [-0.05, 0) is 31.2 Å². The van der Waals surface area contributed by atoms with Crippen LogP contribution >= 0.6 is 9.39 Å². The lowest BCUT2D eigenvalue weighted by Gasteiger charge is -2.22. The van der Waals surface area contributed by atoms with Gasteiger partial charge in [-0.2, -0.15) is 0 Å². The molecule has 0 bridgehead atoms. The fraction of sp³-hybridized carbons (Fsp3) is 0.550. The Kier molecular flexibility index (Phi) is 15.5. The number of hydrogen-bond acceptors (Lipinski definition) is 5. The number of rotatable bonds is 6. The minimum atomic E-state index is -0.419. The van der Waals surface area contributed by atoms with Gasteiger partial charge in [0.2, 0.25) is 11.8 Å². The van der Waals surface area contributed by atoms with E-state index in [0.717, 1.165) is 10.5 Å². The van der Waals surface area contributed by atoms with Gasteiger partial charge in [0.05, 0.1) is 12.8 Å². The van der Waals surface area contributed by atoms with Gasteiger partial charge in [-0.3, -0.25) is 24.0 Å². The molecule has 0 saturated carbocycles. The van der Waals surface area contributed by atoms with Crippen LogP contribution in [-0.4, -0.2) is 42.7 Å². The third-order valence-corrected chi connectivity index (χ3v) is 3.82. The second-order valence-electron chi connectivity index (χ2n) is 5.18. The fourth-order valence-corrected chi connectivity index (χ4v) is 2.42. The summed E-state index contributed by atoms with van der Waals surface area (Å²) in [5, 5.41) is 0. The summed E-state index contributed by atoms with van der Waals surface area (Å²) in [7, 11) is 5.59. The van der Waals surface area contributed by atoms with Gasteiger partial charge in [-0.25, -0.2) is 0 Å². The summed E-state index contributed by atoms with van der Waals surface area (Å²) in [5.41, 5.74) is 1.44. The molecular weight excluding hydrogens is 363 g/mol. The van der Waals surface area contributed by atoms with Crippen molar-refractivity contribution in [3.8, 4) is 0 Å². The number of nitrogens with zero attached hydrogens (tertiary/aromatic N) is 2. The number of carbonyl (C=O) groups excluding carboxylic acids is 3. The molecule has 0 aliphatic rings. The van der Waals surface area contributed by atoms with E-state index < -0.39 is 6.04 Å². The Hall–Kier alpha value is -1.78. The van der Waals surface area contributed by atoms with Crippen molar-refractivity contribution in [1.29, 1.82) is 0 Å². The lowest BCUT2D eigenvalue weighted by atomic mass is 10.1. The summed E-state index contributed by atoms with van der Waals surface area (Å²) in [6.45, 7) is 11.1. The van der Waals surface area contributed by atoms with Crippen LogP contribution in [-0.2, 0) is 25.5 Å². The van der Waals surface area contributed by atoms with E-state index in [1.807, 2.05) is 27.7 Å². The molecule has 1 unspecified atom stereocenters. The van der Waals surface area contributed by atoms with Crippen LogP contribution in [0.15, 0.2) is 24.3 Å². The molecule has 1 rings (SSSR count). The van der Waals surface area contributed by atoms with Crippen molar-refractivity contribution in [2.24, 2.45) is 0 Å². The molecule has 0 saturated heterocycles. The number of carbonyl (C=O) groups is 3. The summed E-state index contributed by atoms with van der Waals surface area (Å²) in [4.78, 5) is 36.5. The Morgan fingerprint density at radius 3 is 1.89 bits per heavy atom. The molecule has 6 nitrogen and oxygen atoms in total. The second-order valence-corrected chi connectivity index (χ2v) is 5.99. The first-order valence-electron chi connectivity index (χ1n) is 9.29. The smallest absolute Gasteiger partial charge is 0.323 e. The van der Waals surface area contributed by atoms with Crippen molar-refractivity contribution in [2.75, 3.05) is 19.1 Å². The number of likely N-dealkylation sites (N-methyl/N-ethyl adjacent to an activating group) is 1. The van der Waals surface area contributed by atoms with Crippen molar-refractivity contribution < 1.29 is 19.1 Å². The summed E-state index contributed by atoms with van der Waals surface area (Å²) in [5.74, 6) is -0.887. The lowest BCUT2D eigenvalue weighted by molar-refractivity contribution is -0.144. The molecule has 1 aromatic carbocycles. The molecule has 0 aliphatic heterocycles. The van der Waals surface area contributed by atoms with Crippen LogP contribution in [0.4, 0.5) is 5.69 Å². The molecule has 0 aromatic heterocycles. The quantitative estimate of drug-likeness (QED) is 0.538. The van der Waals surface area contributed by atoms with Crippen LogP contribution in [0.3, 0.4) is 0 Å². The van der Waals surface area contributed by atoms with Crippen molar-refractivity contribution in [2.45, 2.75) is 60.4 Å². The Morgan fingerprint density at radius 1 is 1.07 bits per heavy atom. The third kappa shape index (κ3) is 9.12. The van der Waals surface area contributed by atoms with Crippen LogP contribution in [0.1, 0.15) is 53.5 Å². The Labute approximate surface area is 166 Å². The van der Waals surface area contributed by atoms with Crippen molar-refractivity contribution >= 4 is 32.9 Å². The number of hydrogen-bond donors (Lipinski definition) is 0. The van der Waals surface area contributed by atoms with Crippen molar-refractivity contribution in [3.05, 3.63) is 29.8 Å². The molecule has 7 heteroatoms. The van der Waals surface area contributed by atoms with Gasteiger partial charge in [0.25, 0.3) is 0 Å². The zero-order valence-corrected chi connectivity index (χ0v) is 19.1. The van der Waals surface area contributed by atoms with E-state index in [9.17, 15) is 14.4 Å². The van der Waals surface area contributed by atoms with Gasteiger partial charge in [-0.1, -0.05) is 56.1 Å². The molecule has 1 aromatic rings. The maximum absolute atomic E-state index is 11.9. The first-order chi connectivity index (χ1) is 12.8. The minimum absolute atomic E-state index is 0.248. The molecule has 0 spiro atoms. The topological polar surface area (TPSA) is 66.9 Å². The molecular formula is C20H35N2O4P. The van der Waals surface area contributed by atoms with Gasteiger partial charge in [0.15, 0.2) is 0 Å². The highest BCUT2D eigenvalue weighted by Gasteiger charge is 2.23. The number of esters is 1. The van der Waals surface area contributed by atoms with Gasteiger partial charge in [0.1, 0.15) is 6.04 Å². The monoisotopic (exact) mass is 398 g/mol. The molecule has 27 heavy (non-hydrogen) atoms. The third-order valence-electron chi connectivity index (χ3n) is 3.46. The zero-order chi connectivity index (χ0) is 21.6. The van der Waals surface area contributed by atoms with E-state index in [0.29, 0.717) is 12.1 Å². The van der Waals surface area contributed by atoms with Gasteiger partial charge >= 0.3 is 5.97 Å². The molecule has 0 fully saturated rings. The highest BCUT2D eigenvalue weighted by molar-refractivity contribution is 7.13. The number of amides is 2. The fourth-order valence-electron chi connectivity index (χ4n) is 2.19. The average molecular weight is 398 g/mol. The van der Waals surface area contributed by atoms with E-state index in [1.165, 1.54) is 14.0 Å². The highest BCUT2D eigenvalue weighted by Crippen LogP contribution is 2.19. The van der Waals surface area contributed by atoms with Gasteiger partial charge in [0, 0.05) is 13.3 Å². The normalized spacial score (nSPS) is 10.6. The van der Waals surface area contributed by atoms with Gasteiger partial charge < -0.3 is 4.74 Å². The zero-order valence-electron chi connectivity index (χ0n) is 17.9. The molecule has 2 atom stereocenters. The predicted molar refractivity (Wildman–Crippen MR) is 115 cm³/mol. The molecule has 0 N–H and O–H groups in total. The average Bonchev–Trinajstić information content (AvgIpc) is 2.69. The standard InChI is InChI=1S/C16H23N2O4P.2C2H6/c1-5-15(20)18(11(2)19)13-8-6-12(7-9-13)10-14(17(3)23)16(21)22-4;2*1-2/h6-9,14H,5,10,23H2,1-4H3;2*1-2H3/t14-;;/m0../s1.